The first-order valence-electron chi connectivity index (χ1n) is 8.56. The van der Waals surface area contributed by atoms with Gasteiger partial charge in [-0.1, -0.05) is 71.4 Å². The molecule has 4 rings (SSSR count). The number of hydrogen-bond acceptors (Lipinski definition) is 4. The molecule has 0 saturated heterocycles. The maximum absolute atomic E-state index is 12.1. The van der Waals surface area contributed by atoms with Crippen molar-refractivity contribution in [2.75, 3.05) is 5.32 Å². The number of carbonyl (C=O) groups excluding carboxylic acids is 1. The van der Waals surface area contributed by atoms with Crippen LogP contribution in [0, 0.1) is 0 Å². The van der Waals surface area contributed by atoms with Crippen LogP contribution in [-0.4, -0.2) is 16.0 Å². The van der Waals surface area contributed by atoms with Gasteiger partial charge in [0.25, 0.3) is 0 Å². The summed E-state index contributed by atoms with van der Waals surface area (Å²) in [5, 5.41) is 9.53. The van der Waals surface area contributed by atoms with Crippen molar-refractivity contribution in [3.63, 3.8) is 0 Å². The molecule has 0 bridgehead atoms. The molecule has 5 nitrogen and oxygen atoms in total. The van der Waals surface area contributed by atoms with Crippen molar-refractivity contribution in [1.29, 1.82) is 0 Å². The second-order valence-corrected chi connectivity index (χ2v) is 6.47. The molecule has 134 valence electrons. The van der Waals surface area contributed by atoms with Gasteiger partial charge in [-0.3, -0.25) is 4.79 Å². The minimum atomic E-state index is -0.159. The van der Waals surface area contributed by atoms with E-state index in [1.54, 1.807) is 12.1 Å². The zero-order valence-electron chi connectivity index (χ0n) is 14.4. The minimum absolute atomic E-state index is 0.159. The number of aromatic nitrogens is 2. The Kier molecular flexibility index (Phi) is 4.85. The largest absolute Gasteiger partial charge is 0.339 e. The van der Waals surface area contributed by atoms with Gasteiger partial charge < -0.3 is 9.84 Å². The van der Waals surface area contributed by atoms with Crippen molar-refractivity contribution in [3.8, 4) is 11.4 Å². The third-order valence-electron chi connectivity index (χ3n) is 4.21. The first-order valence-corrected chi connectivity index (χ1v) is 8.93. The molecule has 4 aromatic rings. The highest BCUT2D eigenvalue weighted by molar-refractivity contribution is 6.33. The van der Waals surface area contributed by atoms with Crippen LogP contribution in [-0.2, 0) is 11.2 Å². The molecule has 1 aromatic heterocycles. The summed E-state index contributed by atoms with van der Waals surface area (Å²) in [6.45, 7) is 0. The molecule has 0 unspecified atom stereocenters. The molecule has 0 spiro atoms. The number of fused-ring (bicyclic) bond motifs is 1. The Bertz CT molecular complexity index is 1100. The Labute approximate surface area is 161 Å². The maximum atomic E-state index is 12.1. The summed E-state index contributed by atoms with van der Waals surface area (Å²) >= 11 is 6.05. The number of rotatable bonds is 5. The predicted molar refractivity (Wildman–Crippen MR) is 106 cm³/mol. The van der Waals surface area contributed by atoms with Crippen LogP contribution in [0.3, 0.4) is 0 Å². The summed E-state index contributed by atoms with van der Waals surface area (Å²) in [7, 11) is 0. The lowest BCUT2D eigenvalue weighted by molar-refractivity contribution is -0.116. The summed E-state index contributed by atoms with van der Waals surface area (Å²) in [6, 6.07) is 21.1. The molecule has 0 atom stereocenters. The molecule has 0 aliphatic rings. The first-order chi connectivity index (χ1) is 13.2. The van der Waals surface area contributed by atoms with Gasteiger partial charge in [-0.15, -0.1) is 0 Å². The summed E-state index contributed by atoms with van der Waals surface area (Å²) in [4.78, 5) is 16.6. The molecule has 1 N–H and O–H groups in total. The van der Waals surface area contributed by atoms with Gasteiger partial charge in [0.15, 0.2) is 0 Å². The van der Waals surface area contributed by atoms with Crippen molar-refractivity contribution in [3.05, 3.63) is 77.6 Å². The second-order valence-electron chi connectivity index (χ2n) is 6.07. The van der Waals surface area contributed by atoms with Crippen LogP contribution < -0.4 is 5.32 Å². The molecule has 1 amide bonds. The third-order valence-corrected chi connectivity index (χ3v) is 4.54. The molecule has 0 radical (unpaired) electrons. The number of aryl methyl sites for hydroxylation is 1. The van der Waals surface area contributed by atoms with E-state index in [1.807, 2.05) is 54.6 Å². The molecular formula is C21H16ClN3O2. The van der Waals surface area contributed by atoms with Gasteiger partial charge in [-0.2, -0.15) is 4.98 Å². The Morgan fingerprint density at radius 2 is 1.78 bits per heavy atom. The standard InChI is InChI=1S/C21H16ClN3O2/c22-17-10-3-4-11-18(17)23-19(26)12-13-20-24-21(25-27-20)16-9-5-7-14-6-1-2-8-15(14)16/h1-11H,12-13H2,(H,23,26). The Hall–Kier alpha value is -3.18. The Morgan fingerprint density at radius 3 is 2.67 bits per heavy atom. The lowest BCUT2D eigenvalue weighted by Crippen LogP contribution is -2.12. The summed E-state index contributed by atoms with van der Waals surface area (Å²) in [6.07, 6.45) is 0.580. The zero-order chi connectivity index (χ0) is 18.6. The molecule has 1 heterocycles. The van der Waals surface area contributed by atoms with Gasteiger partial charge in [-0.25, -0.2) is 0 Å². The topological polar surface area (TPSA) is 68.0 Å². The minimum Gasteiger partial charge on any atom is -0.339 e. The first kappa shape index (κ1) is 17.2. The molecule has 0 aliphatic heterocycles. The van der Waals surface area contributed by atoms with Crippen LogP contribution in [0.5, 0.6) is 0 Å². The van der Waals surface area contributed by atoms with Gasteiger partial charge in [0.2, 0.25) is 17.6 Å². The SMILES string of the molecule is O=C(CCc1nc(-c2cccc3ccccc23)no1)Nc1ccccc1Cl. The number of amides is 1. The van der Waals surface area contributed by atoms with E-state index >= 15 is 0 Å². The number of halogens is 1. The van der Waals surface area contributed by atoms with Gasteiger partial charge in [0.1, 0.15) is 0 Å². The van der Waals surface area contributed by atoms with E-state index in [-0.39, 0.29) is 12.3 Å². The molecule has 6 heteroatoms. The number of benzene rings is 3. The molecular weight excluding hydrogens is 362 g/mol. The van der Waals surface area contributed by atoms with Crippen molar-refractivity contribution in [1.82, 2.24) is 10.1 Å². The normalized spacial score (nSPS) is 10.9. The Balaban J connectivity index is 1.45. The fraction of sp³-hybridized carbons (Fsp3) is 0.0952. The van der Waals surface area contributed by atoms with Crippen LogP contribution in [0.4, 0.5) is 5.69 Å². The number of nitrogens with zero attached hydrogens (tertiary/aromatic N) is 2. The van der Waals surface area contributed by atoms with Crippen LogP contribution in [0.1, 0.15) is 12.3 Å². The van der Waals surface area contributed by atoms with E-state index in [2.05, 4.69) is 15.5 Å². The molecule has 27 heavy (non-hydrogen) atoms. The average Bonchev–Trinajstić information content (AvgIpc) is 3.17. The molecule has 0 aliphatic carbocycles. The smallest absolute Gasteiger partial charge is 0.227 e. The Morgan fingerprint density at radius 1 is 1.00 bits per heavy atom. The summed E-state index contributed by atoms with van der Waals surface area (Å²) < 4.78 is 5.33. The summed E-state index contributed by atoms with van der Waals surface area (Å²) in [5.74, 6) is 0.786. The number of nitrogens with one attached hydrogen (secondary N) is 1. The zero-order valence-corrected chi connectivity index (χ0v) is 15.1. The van der Waals surface area contributed by atoms with Crippen LogP contribution in [0.2, 0.25) is 5.02 Å². The van der Waals surface area contributed by atoms with E-state index in [4.69, 9.17) is 16.1 Å². The monoisotopic (exact) mass is 377 g/mol. The molecule has 0 saturated carbocycles. The predicted octanol–water partition coefficient (Wildman–Crippen LogP) is 5.11. The second kappa shape index (κ2) is 7.60. The third kappa shape index (κ3) is 3.83. The van der Waals surface area contributed by atoms with E-state index in [9.17, 15) is 4.79 Å². The van der Waals surface area contributed by atoms with E-state index in [0.717, 1.165) is 16.3 Å². The lowest BCUT2D eigenvalue weighted by atomic mass is 10.0. The highest BCUT2D eigenvalue weighted by Crippen LogP contribution is 2.26. The van der Waals surface area contributed by atoms with E-state index < -0.39 is 0 Å². The number of hydrogen-bond donors (Lipinski definition) is 1. The van der Waals surface area contributed by atoms with Crippen LogP contribution >= 0.6 is 11.6 Å². The molecule has 3 aromatic carbocycles. The van der Waals surface area contributed by atoms with Crippen LogP contribution in [0.25, 0.3) is 22.2 Å². The molecule has 0 fully saturated rings. The fourth-order valence-corrected chi connectivity index (χ4v) is 3.06. The van der Waals surface area contributed by atoms with Crippen molar-refractivity contribution in [2.45, 2.75) is 12.8 Å². The van der Waals surface area contributed by atoms with Gasteiger partial charge >= 0.3 is 0 Å². The van der Waals surface area contributed by atoms with E-state index in [1.165, 1.54) is 0 Å². The van der Waals surface area contributed by atoms with Crippen molar-refractivity contribution >= 4 is 34.0 Å². The fourth-order valence-electron chi connectivity index (χ4n) is 2.88. The van der Waals surface area contributed by atoms with Gasteiger partial charge in [0.05, 0.1) is 10.7 Å². The van der Waals surface area contributed by atoms with Gasteiger partial charge in [0, 0.05) is 18.4 Å². The average molecular weight is 378 g/mol. The quantitative estimate of drug-likeness (QED) is 0.524. The van der Waals surface area contributed by atoms with Gasteiger partial charge in [-0.05, 0) is 22.9 Å². The number of carbonyl (C=O) groups is 1. The number of para-hydroxylation sites is 1. The lowest BCUT2D eigenvalue weighted by Gasteiger charge is -2.05. The highest BCUT2D eigenvalue weighted by Gasteiger charge is 2.13. The summed E-state index contributed by atoms with van der Waals surface area (Å²) in [5.41, 5.74) is 1.50. The van der Waals surface area contributed by atoms with Crippen molar-refractivity contribution < 1.29 is 9.32 Å². The maximum Gasteiger partial charge on any atom is 0.227 e. The van der Waals surface area contributed by atoms with Crippen LogP contribution in [0.15, 0.2) is 71.3 Å². The number of anilines is 1. The van der Waals surface area contributed by atoms with Crippen molar-refractivity contribution in [2.24, 2.45) is 0 Å². The van der Waals surface area contributed by atoms with E-state index in [0.29, 0.717) is 28.8 Å². The highest BCUT2D eigenvalue weighted by atomic mass is 35.5.